The molecular weight excluding hydrogens is 360 g/mol. The third-order valence-corrected chi connectivity index (χ3v) is 4.91. The molecule has 0 fully saturated rings. The van der Waals surface area contributed by atoms with Crippen LogP contribution < -0.4 is 4.74 Å². The van der Waals surface area contributed by atoms with E-state index in [1.807, 2.05) is 41.1 Å². The highest BCUT2D eigenvalue weighted by Gasteiger charge is 2.15. The third-order valence-electron chi connectivity index (χ3n) is 3.33. The standard InChI is InChI=1S/C15H12N6O2S2/c1-22-12-5-3-2-4-11(12)21-15(17-19-20-21)25-9-13-16-14(18-23-13)10-6-7-24-8-10/h2-8H,9H2,1H3. The van der Waals surface area contributed by atoms with Gasteiger partial charge in [-0.25, -0.2) is 0 Å². The van der Waals surface area contributed by atoms with Gasteiger partial charge in [-0.15, -0.1) is 5.10 Å². The smallest absolute Gasteiger partial charge is 0.237 e. The van der Waals surface area contributed by atoms with E-state index in [-0.39, 0.29) is 0 Å². The lowest BCUT2D eigenvalue weighted by Gasteiger charge is -2.08. The van der Waals surface area contributed by atoms with Crippen molar-refractivity contribution in [2.45, 2.75) is 10.9 Å². The number of hydrogen-bond donors (Lipinski definition) is 0. The predicted molar refractivity (Wildman–Crippen MR) is 92.9 cm³/mol. The van der Waals surface area contributed by atoms with Gasteiger partial charge in [0.2, 0.25) is 16.9 Å². The first kappa shape index (κ1) is 15.8. The molecule has 0 aliphatic carbocycles. The molecule has 0 unspecified atom stereocenters. The van der Waals surface area contributed by atoms with Gasteiger partial charge in [-0.05, 0) is 34.0 Å². The van der Waals surface area contributed by atoms with Gasteiger partial charge in [0.05, 0.1) is 12.9 Å². The van der Waals surface area contributed by atoms with Gasteiger partial charge in [0.25, 0.3) is 0 Å². The van der Waals surface area contributed by atoms with Crippen LogP contribution in [0.4, 0.5) is 0 Å². The largest absolute Gasteiger partial charge is 0.494 e. The molecule has 4 aromatic rings. The molecule has 3 aromatic heterocycles. The second-order valence-corrected chi connectivity index (χ2v) is 6.58. The molecule has 0 aliphatic rings. The number of benzene rings is 1. The zero-order valence-electron chi connectivity index (χ0n) is 13.1. The summed E-state index contributed by atoms with van der Waals surface area (Å²) < 4.78 is 12.3. The number of nitrogens with zero attached hydrogens (tertiary/aromatic N) is 6. The lowest BCUT2D eigenvalue weighted by molar-refractivity contribution is 0.391. The zero-order chi connectivity index (χ0) is 17.1. The summed E-state index contributed by atoms with van der Waals surface area (Å²) in [6.45, 7) is 0. The summed E-state index contributed by atoms with van der Waals surface area (Å²) in [5, 5.41) is 20.4. The third kappa shape index (κ3) is 3.26. The van der Waals surface area contributed by atoms with Gasteiger partial charge >= 0.3 is 0 Å². The van der Waals surface area contributed by atoms with E-state index >= 15 is 0 Å². The van der Waals surface area contributed by atoms with Gasteiger partial charge in [0.1, 0.15) is 11.4 Å². The molecule has 0 saturated carbocycles. The van der Waals surface area contributed by atoms with E-state index in [1.54, 1.807) is 23.1 Å². The van der Waals surface area contributed by atoms with Crippen molar-refractivity contribution in [1.82, 2.24) is 30.3 Å². The number of hydrogen-bond acceptors (Lipinski definition) is 9. The highest BCUT2D eigenvalue weighted by atomic mass is 32.2. The lowest BCUT2D eigenvalue weighted by Crippen LogP contribution is -2.01. The van der Waals surface area contributed by atoms with Crippen molar-refractivity contribution >= 4 is 23.1 Å². The number of thioether (sulfide) groups is 1. The number of ether oxygens (including phenoxy) is 1. The normalized spacial score (nSPS) is 10.9. The first-order valence-electron chi connectivity index (χ1n) is 7.25. The molecule has 0 bridgehead atoms. The van der Waals surface area contributed by atoms with E-state index in [9.17, 15) is 0 Å². The Labute approximate surface area is 150 Å². The molecule has 1 aromatic carbocycles. The molecule has 3 heterocycles. The SMILES string of the molecule is COc1ccccc1-n1nnnc1SCc1nc(-c2ccsc2)no1. The van der Waals surface area contributed by atoms with Gasteiger partial charge in [-0.2, -0.15) is 21.0 Å². The van der Waals surface area contributed by atoms with Crippen molar-refractivity contribution in [2.24, 2.45) is 0 Å². The number of para-hydroxylation sites is 2. The van der Waals surface area contributed by atoms with Crippen molar-refractivity contribution in [3.63, 3.8) is 0 Å². The Balaban J connectivity index is 1.52. The Kier molecular flexibility index (Phi) is 4.44. The quantitative estimate of drug-likeness (QED) is 0.477. The Morgan fingerprint density at radius 1 is 1.28 bits per heavy atom. The highest BCUT2D eigenvalue weighted by molar-refractivity contribution is 7.98. The second-order valence-electron chi connectivity index (χ2n) is 4.86. The zero-order valence-corrected chi connectivity index (χ0v) is 14.7. The molecule has 0 atom stereocenters. The number of tetrazole rings is 1. The first-order valence-corrected chi connectivity index (χ1v) is 9.17. The molecule has 0 amide bonds. The maximum absolute atomic E-state index is 5.37. The van der Waals surface area contributed by atoms with Crippen molar-refractivity contribution in [3.05, 3.63) is 47.0 Å². The van der Waals surface area contributed by atoms with Crippen LogP contribution in [0.3, 0.4) is 0 Å². The Bertz CT molecular complexity index is 966. The Morgan fingerprint density at radius 2 is 2.20 bits per heavy atom. The second kappa shape index (κ2) is 7.03. The van der Waals surface area contributed by atoms with Crippen LogP contribution in [0.2, 0.25) is 0 Å². The maximum atomic E-state index is 5.37. The molecule has 0 saturated heterocycles. The maximum Gasteiger partial charge on any atom is 0.237 e. The molecule has 10 heteroatoms. The number of methoxy groups -OCH3 is 1. The molecule has 25 heavy (non-hydrogen) atoms. The Hall–Kier alpha value is -2.72. The molecule has 0 N–H and O–H groups in total. The number of rotatable bonds is 6. The summed E-state index contributed by atoms with van der Waals surface area (Å²) in [7, 11) is 1.61. The van der Waals surface area contributed by atoms with E-state index in [4.69, 9.17) is 9.26 Å². The predicted octanol–water partition coefficient (Wildman–Crippen LogP) is 3.07. The summed E-state index contributed by atoms with van der Waals surface area (Å²) in [4.78, 5) is 4.39. The van der Waals surface area contributed by atoms with Gasteiger partial charge < -0.3 is 9.26 Å². The summed E-state index contributed by atoms with van der Waals surface area (Å²) >= 11 is 3.00. The van der Waals surface area contributed by atoms with E-state index in [0.29, 0.717) is 28.4 Å². The topological polar surface area (TPSA) is 91.8 Å². The van der Waals surface area contributed by atoms with Gasteiger partial charge in [-0.3, -0.25) is 0 Å². The molecule has 4 rings (SSSR count). The molecule has 8 nitrogen and oxygen atoms in total. The molecule has 0 spiro atoms. The van der Waals surface area contributed by atoms with Crippen LogP contribution in [-0.4, -0.2) is 37.5 Å². The van der Waals surface area contributed by atoms with Crippen molar-refractivity contribution in [2.75, 3.05) is 7.11 Å². The molecule has 126 valence electrons. The summed E-state index contributed by atoms with van der Waals surface area (Å²) in [5.74, 6) is 2.25. The fourth-order valence-electron chi connectivity index (χ4n) is 2.17. The summed E-state index contributed by atoms with van der Waals surface area (Å²) in [6.07, 6.45) is 0. The minimum Gasteiger partial charge on any atom is -0.494 e. The highest BCUT2D eigenvalue weighted by Crippen LogP contribution is 2.27. The Morgan fingerprint density at radius 3 is 3.04 bits per heavy atom. The summed E-state index contributed by atoms with van der Waals surface area (Å²) in [5.41, 5.74) is 1.71. The first-order chi connectivity index (χ1) is 12.3. The fourth-order valence-corrected chi connectivity index (χ4v) is 3.53. The monoisotopic (exact) mass is 372 g/mol. The van der Waals surface area contributed by atoms with Crippen LogP contribution in [0.5, 0.6) is 5.75 Å². The van der Waals surface area contributed by atoms with Crippen LogP contribution >= 0.6 is 23.1 Å². The average Bonchev–Trinajstić information content (AvgIpc) is 3.40. The van der Waals surface area contributed by atoms with Crippen LogP contribution in [0.1, 0.15) is 5.89 Å². The van der Waals surface area contributed by atoms with E-state index in [1.165, 1.54) is 11.8 Å². The lowest BCUT2D eigenvalue weighted by atomic mass is 10.3. The number of thiophene rings is 1. The number of aromatic nitrogens is 6. The minimum atomic E-state index is 0.465. The van der Waals surface area contributed by atoms with E-state index in [0.717, 1.165) is 11.3 Å². The van der Waals surface area contributed by atoms with E-state index in [2.05, 4.69) is 25.7 Å². The average molecular weight is 372 g/mol. The van der Waals surface area contributed by atoms with Crippen molar-refractivity contribution in [3.8, 4) is 22.8 Å². The van der Waals surface area contributed by atoms with Crippen molar-refractivity contribution in [1.29, 1.82) is 0 Å². The van der Waals surface area contributed by atoms with E-state index < -0.39 is 0 Å². The van der Waals surface area contributed by atoms with Crippen LogP contribution in [-0.2, 0) is 5.75 Å². The van der Waals surface area contributed by atoms with Gasteiger partial charge in [0, 0.05) is 10.9 Å². The van der Waals surface area contributed by atoms with Crippen LogP contribution in [0, 0.1) is 0 Å². The van der Waals surface area contributed by atoms with Gasteiger partial charge in [0.15, 0.2) is 0 Å². The van der Waals surface area contributed by atoms with Crippen LogP contribution in [0.25, 0.3) is 17.1 Å². The molecular formula is C15H12N6O2S2. The molecule has 0 radical (unpaired) electrons. The van der Waals surface area contributed by atoms with Crippen molar-refractivity contribution < 1.29 is 9.26 Å². The fraction of sp³-hybridized carbons (Fsp3) is 0.133. The summed E-state index contributed by atoms with van der Waals surface area (Å²) in [6, 6.07) is 9.49. The minimum absolute atomic E-state index is 0.465. The van der Waals surface area contributed by atoms with Crippen LogP contribution in [0.15, 0.2) is 50.8 Å². The molecule has 0 aliphatic heterocycles. The van der Waals surface area contributed by atoms with Gasteiger partial charge in [-0.1, -0.05) is 29.1 Å².